The predicted octanol–water partition coefficient (Wildman–Crippen LogP) is 3.76. The first kappa shape index (κ1) is 26.6. The Labute approximate surface area is 210 Å². The van der Waals surface area contributed by atoms with Crippen molar-refractivity contribution in [3.63, 3.8) is 0 Å². The van der Waals surface area contributed by atoms with Gasteiger partial charge in [-0.3, -0.25) is 9.69 Å². The van der Waals surface area contributed by atoms with Gasteiger partial charge >= 0.3 is 5.97 Å². The van der Waals surface area contributed by atoms with Crippen molar-refractivity contribution >= 4 is 50.6 Å². The summed E-state index contributed by atoms with van der Waals surface area (Å²) >= 11 is 1.40. The zero-order valence-electron chi connectivity index (χ0n) is 19.3. The second-order valence-corrected chi connectivity index (χ2v) is 11.3. The molecule has 2 aromatic rings. The Kier molecular flexibility index (Phi) is 8.75. The van der Waals surface area contributed by atoms with E-state index in [1.807, 2.05) is 0 Å². The molecule has 11 heteroatoms. The van der Waals surface area contributed by atoms with Gasteiger partial charge in [0.25, 0.3) is 5.91 Å². The van der Waals surface area contributed by atoms with Crippen LogP contribution in [-0.2, 0) is 27.7 Å². The highest BCUT2D eigenvalue weighted by Crippen LogP contribution is 2.37. The van der Waals surface area contributed by atoms with Gasteiger partial charge in [-0.15, -0.1) is 23.7 Å². The molecule has 1 saturated heterocycles. The Morgan fingerprint density at radius 1 is 1.09 bits per heavy atom. The summed E-state index contributed by atoms with van der Waals surface area (Å²) in [5.74, 6) is -0.858. The standard InChI is InChI=1S/C23H29N3O5S2.ClH/c1-3-25-14-11-18-19(15-25)32-22(20(18)23(28)31-2)24-21(27)16-7-9-17(10-8-16)33(29,30)26-12-5-4-6-13-26;/h7-10H,3-6,11-15H2,1-2H3,(H,24,27);1H. The fourth-order valence-corrected chi connectivity index (χ4v) is 7.13. The summed E-state index contributed by atoms with van der Waals surface area (Å²) in [6.45, 7) is 5.65. The van der Waals surface area contributed by atoms with Crippen LogP contribution in [0.25, 0.3) is 0 Å². The van der Waals surface area contributed by atoms with E-state index in [4.69, 9.17) is 4.74 Å². The van der Waals surface area contributed by atoms with E-state index in [9.17, 15) is 18.0 Å². The molecule has 3 heterocycles. The number of benzene rings is 1. The number of piperidine rings is 1. The Bertz CT molecular complexity index is 1140. The number of nitrogens with zero attached hydrogens (tertiary/aromatic N) is 2. The smallest absolute Gasteiger partial charge is 0.341 e. The fourth-order valence-electron chi connectivity index (χ4n) is 4.34. The zero-order chi connectivity index (χ0) is 23.6. The third-order valence-electron chi connectivity index (χ3n) is 6.27. The van der Waals surface area contributed by atoms with E-state index in [-0.39, 0.29) is 17.3 Å². The van der Waals surface area contributed by atoms with Crippen molar-refractivity contribution in [2.24, 2.45) is 0 Å². The Balaban J connectivity index is 0.00000324. The highest BCUT2D eigenvalue weighted by molar-refractivity contribution is 7.89. The molecule has 2 aliphatic heterocycles. The lowest BCUT2D eigenvalue weighted by Crippen LogP contribution is -2.35. The second-order valence-electron chi connectivity index (χ2n) is 8.26. The Morgan fingerprint density at radius 3 is 2.38 bits per heavy atom. The number of carbonyl (C=O) groups is 2. The molecule has 1 N–H and O–H groups in total. The van der Waals surface area contributed by atoms with Crippen LogP contribution >= 0.6 is 23.7 Å². The van der Waals surface area contributed by atoms with Crippen LogP contribution in [0.15, 0.2) is 29.2 Å². The number of likely N-dealkylation sites (N-methyl/N-ethyl adjacent to an activating group) is 1. The van der Waals surface area contributed by atoms with Crippen molar-refractivity contribution in [2.75, 3.05) is 38.6 Å². The fraction of sp³-hybridized carbons (Fsp3) is 0.478. The summed E-state index contributed by atoms with van der Waals surface area (Å²) in [5.41, 5.74) is 1.69. The summed E-state index contributed by atoms with van der Waals surface area (Å²) in [5, 5.41) is 3.33. The molecule has 34 heavy (non-hydrogen) atoms. The predicted molar refractivity (Wildman–Crippen MR) is 135 cm³/mol. The second kappa shape index (κ2) is 11.2. The summed E-state index contributed by atoms with van der Waals surface area (Å²) in [7, 11) is -2.22. The first-order valence-electron chi connectivity index (χ1n) is 11.2. The van der Waals surface area contributed by atoms with Crippen molar-refractivity contribution in [3.05, 3.63) is 45.8 Å². The van der Waals surface area contributed by atoms with Crippen LogP contribution < -0.4 is 5.32 Å². The van der Waals surface area contributed by atoms with E-state index in [1.165, 1.54) is 47.0 Å². The topological polar surface area (TPSA) is 96.0 Å². The largest absolute Gasteiger partial charge is 0.465 e. The summed E-state index contributed by atoms with van der Waals surface area (Å²) < 4.78 is 32.2. The zero-order valence-corrected chi connectivity index (χ0v) is 21.8. The molecule has 8 nitrogen and oxygen atoms in total. The molecule has 1 amide bonds. The number of sulfonamides is 1. The van der Waals surface area contributed by atoms with Crippen LogP contribution in [0.5, 0.6) is 0 Å². The van der Waals surface area contributed by atoms with Crippen molar-refractivity contribution in [2.45, 2.75) is 44.0 Å². The van der Waals surface area contributed by atoms with Crippen LogP contribution in [-0.4, -0.2) is 62.8 Å². The third kappa shape index (κ3) is 5.31. The third-order valence-corrected chi connectivity index (χ3v) is 9.31. The normalized spacial score (nSPS) is 16.9. The number of anilines is 1. The van der Waals surface area contributed by atoms with Crippen LogP contribution in [0.2, 0.25) is 0 Å². The molecule has 4 rings (SSSR count). The van der Waals surface area contributed by atoms with Crippen LogP contribution in [0.4, 0.5) is 5.00 Å². The first-order valence-corrected chi connectivity index (χ1v) is 13.5. The molecule has 0 atom stereocenters. The lowest BCUT2D eigenvalue weighted by Gasteiger charge is -2.25. The molecular formula is C23H30ClN3O5S2. The number of halogens is 1. The molecule has 1 aromatic heterocycles. The first-order chi connectivity index (χ1) is 15.8. The minimum atomic E-state index is -3.56. The van der Waals surface area contributed by atoms with E-state index in [0.717, 1.165) is 55.8 Å². The van der Waals surface area contributed by atoms with Gasteiger partial charge in [0.1, 0.15) is 5.00 Å². The number of nitrogens with one attached hydrogen (secondary N) is 1. The maximum absolute atomic E-state index is 12.9. The molecule has 2 aliphatic rings. The quantitative estimate of drug-likeness (QED) is 0.575. The molecule has 1 aromatic carbocycles. The highest BCUT2D eigenvalue weighted by Gasteiger charge is 2.29. The van der Waals surface area contributed by atoms with Crippen molar-refractivity contribution in [1.82, 2.24) is 9.21 Å². The van der Waals surface area contributed by atoms with E-state index in [2.05, 4.69) is 17.1 Å². The van der Waals surface area contributed by atoms with Crippen molar-refractivity contribution in [1.29, 1.82) is 0 Å². The average molecular weight is 528 g/mol. The lowest BCUT2D eigenvalue weighted by molar-refractivity contribution is 0.0600. The van der Waals surface area contributed by atoms with E-state index >= 15 is 0 Å². The van der Waals surface area contributed by atoms with Gasteiger partial charge in [0.05, 0.1) is 17.6 Å². The van der Waals surface area contributed by atoms with E-state index in [0.29, 0.717) is 29.2 Å². The lowest BCUT2D eigenvalue weighted by atomic mass is 10.0. The number of carbonyl (C=O) groups excluding carboxylic acids is 2. The Morgan fingerprint density at radius 2 is 1.76 bits per heavy atom. The van der Waals surface area contributed by atoms with Gasteiger partial charge in [-0.1, -0.05) is 13.3 Å². The van der Waals surface area contributed by atoms with Gasteiger partial charge in [0, 0.05) is 36.6 Å². The number of hydrogen-bond acceptors (Lipinski definition) is 7. The number of methoxy groups -OCH3 is 1. The number of esters is 1. The van der Waals surface area contributed by atoms with Gasteiger partial charge in [0.15, 0.2) is 0 Å². The number of amides is 1. The summed E-state index contributed by atoms with van der Waals surface area (Å²) in [4.78, 5) is 29.0. The molecule has 0 spiro atoms. The Hall–Kier alpha value is -1.98. The van der Waals surface area contributed by atoms with E-state index < -0.39 is 21.9 Å². The van der Waals surface area contributed by atoms with Crippen LogP contribution in [0, 0.1) is 0 Å². The molecule has 0 saturated carbocycles. The van der Waals surface area contributed by atoms with Gasteiger partial charge in [-0.25, -0.2) is 13.2 Å². The van der Waals surface area contributed by atoms with E-state index in [1.54, 1.807) is 0 Å². The number of rotatable bonds is 6. The maximum atomic E-state index is 12.9. The summed E-state index contributed by atoms with van der Waals surface area (Å²) in [6.07, 6.45) is 3.50. The SMILES string of the molecule is CCN1CCc2c(sc(NC(=O)c3ccc(S(=O)(=O)N4CCCCC4)cc3)c2C(=O)OC)C1.Cl. The van der Waals surface area contributed by atoms with Crippen LogP contribution in [0.3, 0.4) is 0 Å². The minimum absolute atomic E-state index is 0. The number of hydrogen-bond donors (Lipinski definition) is 1. The monoisotopic (exact) mass is 527 g/mol. The van der Waals surface area contributed by atoms with Gasteiger partial charge < -0.3 is 10.1 Å². The highest BCUT2D eigenvalue weighted by atomic mass is 35.5. The maximum Gasteiger partial charge on any atom is 0.341 e. The minimum Gasteiger partial charge on any atom is -0.465 e. The molecule has 0 bridgehead atoms. The summed E-state index contributed by atoms with van der Waals surface area (Å²) in [6, 6.07) is 5.96. The molecule has 1 fully saturated rings. The molecule has 0 radical (unpaired) electrons. The molecule has 0 unspecified atom stereocenters. The van der Waals surface area contributed by atoms with Crippen molar-refractivity contribution in [3.8, 4) is 0 Å². The van der Waals surface area contributed by atoms with Gasteiger partial charge in [-0.05, 0) is 55.6 Å². The van der Waals surface area contributed by atoms with Gasteiger partial charge in [-0.2, -0.15) is 4.31 Å². The number of thiophene rings is 1. The number of fused-ring (bicyclic) bond motifs is 1. The average Bonchev–Trinajstić information content (AvgIpc) is 3.20. The molecule has 186 valence electrons. The molecule has 0 aliphatic carbocycles. The van der Waals surface area contributed by atoms with Crippen molar-refractivity contribution < 1.29 is 22.7 Å². The van der Waals surface area contributed by atoms with Crippen LogP contribution in [0.1, 0.15) is 57.3 Å². The van der Waals surface area contributed by atoms with Gasteiger partial charge in [0.2, 0.25) is 10.0 Å². The number of ether oxygens (including phenoxy) is 1. The molecular weight excluding hydrogens is 498 g/mol.